The van der Waals surface area contributed by atoms with Gasteiger partial charge < -0.3 is 9.05 Å². The van der Waals surface area contributed by atoms with Gasteiger partial charge in [-0.1, -0.05) is 49.5 Å². The second-order valence-electron chi connectivity index (χ2n) is 5.57. The van der Waals surface area contributed by atoms with Gasteiger partial charge in [0.25, 0.3) is 0 Å². The van der Waals surface area contributed by atoms with Gasteiger partial charge >= 0.3 is 7.60 Å². The average molecular weight is 304 g/mol. The van der Waals surface area contributed by atoms with Crippen molar-refractivity contribution >= 4 is 26.0 Å². The molecule has 0 bridgehead atoms. The summed E-state index contributed by atoms with van der Waals surface area (Å²) in [4.78, 5) is 0. The van der Waals surface area contributed by atoms with Crippen LogP contribution in [-0.4, -0.2) is 14.7 Å². The smallest absolute Gasteiger partial charge is 0.416 e. The van der Waals surface area contributed by atoms with E-state index in [1.165, 1.54) is 6.66 Å². The lowest BCUT2D eigenvalue weighted by Crippen LogP contribution is -2.54. The van der Waals surface area contributed by atoms with E-state index in [0.29, 0.717) is 11.5 Å². The van der Waals surface area contributed by atoms with Gasteiger partial charge in [-0.25, -0.2) is 4.57 Å². The minimum Gasteiger partial charge on any atom is -0.416 e. The lowest BCUT2D eigenvalue weighted by atomic mass is 10.3. The van der Waals surface area contributed by atoms with Gasteiger partial charge in [0, 0.05) is 0 Å². The van der Waals surface area contributed by atoms with E-state index in [1.54, 1.807) is 0 Å². The van der Waals surface area contributed by atoms with Crippen molar-refractivity contribution in [2.24, 2.45) is 0 Å². The van der Waals surface area contributed by atoms with Crippen molar-refractivity contribution in [3.05, 3.63) is 48.5 Å². The molecule has 0 aromatic heterocycles. The molecule has 3 nitrogen and oxygen atoms in total. The maximum atomic E-state index is 12.5. The first-order chi connectivity index (χ1) is 9.40. The Bertz CT molecular complexity index is 656. The summed E-state index contributed by atoms with van der Waals surface area (Å²) in [7, 11) is -5.10. The highest BCUT2D eigenvalue weighted by Crippen LogP contribution is 2.45. The topological polar surface area (TPSA) is 35.5 Å². The summed E-state index contributed by atoms with van der Waals surface area (Å²) in [5, 5.41) is 2.30. The van der Waals surface area contributed by atoms with E-state index in [0.717, 1.165) is 10.4 Å². The lowest BCUT2D eigenvalue weighted by molar-refractivity contribution is 0.395. The fourth-order valence-electron chi connectivity index (χ4n) is 2.65. The van der Waals surface area contributed by atoms with E-state index in [9.17, 15) is 4.57 Å². The number of para-hydroxylation sites is 2. The lowest BCUT2D eigenvalue weighted by Gasteiger charge is -2.32. The Labute approximate surface area is 120 Å². The molecule has 0 aliphatic carbocycles. The summed E-state index contributed by atoms with van der Waals surface area (Å²) in [5.74, 6) is 1.37. The first kappa shape index (κ1) is 13.5. The number of benzene rings is 2. The highest BCUT2D eigenvalue weighted by Gasteiger charge is 2.37. The normalized spacial score (nSPS) is 18.6. The van der Waals surface area contributed by atoms with E-state index in [2.05, 4.69) is 25.2 Å². The Morgan fingerprint density at radius 3 is 1.70 bits per heavy atom. The first-order valence-electron chi connectivity index (χ1n) is 6.56. The first-order valence-corrected chi connectivity index (χ1v) is 11.5. The molecule has 0 fully saturated rings. The average Bonchev–Trinajstić information content (AvgIpc) is 2.37. The maximum Gasteiger partial charge on any atom is 0.427 e. The summed E-state index contributed by atoms with van der Waals surface area (Å²) in [6.07, 6.45) is 0. The summed E-state index contributed by atoms with van der Waals surface area (Å²) in [5.41, 5.74) is 0. The third-order valence-electron chi connectivity index (χ3n) is 3.65. The highest BCUT2D eigenvalue weighted by molar-refractivity contribution is 7.53. The summed E-state index contributed by atoms with van der Waals surface area (Å²) < 4.78 is 23.9. The molecule has 3 rings (SSSR count). The van der Waals surface area contributed by atoms with Gasteiger partial charge in [0.15, 0.2) is 0 Å². The Morgan fingerprint density at radius 2 is 1.25 bits per heavy atom. The van der Waals surface area contributed by atoms with E-state index >= 15 is 0 Å². The molecule has 0 N–H and O–H groups in total. The molecule has 0 radical (unpaired) electrons. The molecule has 20 heavy (non-hydrogen) atoms. The van der Waals surface area contributed by atoms with Crippen LogP contribution in [0.3, 0.4) is 0 Å². The van der Waals surface area contributed by atoms with Crippen molar-refractivity contribution in [3.63, 3.8) is 0 Å². The summed E-state index contributed by atoms with van der Waals surface area (Å²) in [6.45, 7) is 6.02. The molecule has 104 valence electrons. The predicted molar refractivity (Wildman–Crippen MR) is 84.4 cm³/mol. The van der Waals surface area contributed by atoms with Crippen molar-refractivity contribution in [3.8, 4) is 11.5 Å². The van der Waals surface area contributed by atoms with Gasteiger partial charge in [-0.15, -0.1) is 0 Å². The molecule has 5 heteroatoms. The molecule has 0 saturated carbocycles. The molecule has 0 amide bonds. The van der Waals surface area contributed by atoms with Crippen molar-refractivity contribution in [1.29, 1.82) is 0 Å². The zero-order valence-electron chi connectivity index (χ0n) is 11.8. The molecular weight excluding hydrogens is 287 g/mol. The minimum absolute atomic E-state index is 0.685. The van der Waals surface area contributed by atoms with E-state index < -0.39 is 15.7 Å². The molecule has 1 aliphatic heterocycles. The maximum absolute atomic E-state index is 12.5. The fourth-order valence-corrected chi connectivity index (χ4v) is 6.70. The number of hydrogen-bond acceptors (Lipinski definition) is 3. The molecule has 0 atom stereocenters. The van der Waals surface area contributed by atoms with Crippen LogP contribution < -0.4 is 19.4 Å². The van der Waals surface area contributed by atoms with Crippen LogP contribution >= 0.6 is 7.60 Å². The zero-order valence-corrected chi connectivity index (χ0v) is 13.7. The van der Waals surface area contributed by atoms with Crippen molar-refractivity contribution in [2.45, 2.75) is 13.1 Å². The van der Waals surface area contributed by atoms with E-state index in [1.807, 2.05) is 36.4 Å². The highest BCUT2D eigenvalue weighted by atomic mass is 31.2. The molecular formula is C15H17O3PSi. The van der Waals surface area contributed by atoms with E-state index in [4.69, 9.17) is 9.05 Å². The van der Waals surface area contributed by atoms with Gasteiger partial charge in [0.05, 0.1) is 6.66 Å². The van der Waals surface area contributed by atoms with Gasteiger partial charge in [-0.05, 0) is 22.5 Å². The van der Waals surface area contributed by atoms with Gasteiger partial charge in [0.1, 0.15) is 19.6 Å². The zero-order chi connectivity index (χ0) is 14.4. The molecule has 0 unspecified atom stereocenters. The Kier molecular flexibility index (Phi) is 3.03. The van der Waals surface area contributed by atoms with Crippen LogP contribution in [0.25, 0.3) is 0 Å². The summed E-state index contributed by atoms with van der Waals surface area (Å²) in [6, 6.07) is 15.7. The Morgan fingerprint density at radius 1 is 0.850 bits per heavy atom. The van der Waals surface area contributed by atoms with Crippen LogP contribution in [0, 0.1) is 0 Å². The fraction of sp³-hybridized carbons (Fsp3) is 0.200. The van der Waals surface area contributed by atoms with Gasteiger partial charge in [0.2, 0.25) is 0 Å². The molecule has 1 heterocycles. The standard InChI is InChI=1S/C15H17O3PSi/c1-19(16)17-12-8-4-6-10-14(12)20(2,3)15-11-7-5-9-13(15)18-19/h4-11H,1-3H3. The van der Waals surface area contributed by atoms with Crippen LogP contribution in [0.1, 0.15) is 0 Å². The Hall–Kier alpha value is -1.51. The van der Waals surface area contributed by atoms with Crippen molar-refractivity contribution in [1.82, 2.24) is 0 Å². The van der Waals surface area contributed by atoms with Crippen LogP contribution in [0.2, 0.25) is 13.1 Å². The number of fused-ring (bicyclic) bond motifs is 2. The monoisotopic (exact) mass is 304 g/mol. The second-order valence-corrected chi connectivity index (χ2v) is 11.8. The van der Waals surface area contributed by atoms with Crippen molar-refractivity contribution in [2.75, 3.05) is 6.66 Å². The molecule has 1 aliphatic rings. The predicted octanol–water partition coefficient (Wildman–Crippen LogP) is 3.10. The van der Waals surface area contributed by atoms with Crippen LogP contribution in [0.4, 0.5) is 0 Å². The van der Waals surface area contributed by atoms with E-state index in [-0.39, 0.29) is 0 Å². The Balaban J connectivity index is 2.31. The summed E-state index contributed by atoms with van der Waals surface area (Å²) >= 11 is 0. The second kappa shape index (κ2) is 4.50. The van der Waals surface area contributed by atoms with Crippen LogP contribution in [0.15, 0.2) is 48.5 Å². The van der Waals surface area contributed by atoms with Crippen molar-refractivity contribution < 1.29 is 13.6 Å². The third kappa shape index (κ3) is 2.19. The minimum atomic E-state index is -3.16. The van der Waals surface area contributed by atoms with Gasteiger partial charge in [-0.2, -0.15) is 0 Å². The number of rotatable bonds is 0. The number of hydrogen-bond donors (Lipinski definition) is 0. The molecule has 2 aromatic carbocycles. The van der Waals surface area contributed by atoms with Crippen LogP contribution in [0.5, 0.6) is 11.5 Å². The molecule has 2 aromatic rings. The SMILES string of the molecule is C[Si]1(C)c2ccccc2OP(C)(=O)Oc2ccccc21. The quantitative estimate of drug-likeness (QED) is 0.554. The van der Waals surface area contributed by atoms with Crippen LogP contribution in [-0.2, 0) is 4.57 Å². The third-order valence-corrected chi connectivity index (χ3v) is 8.23. The van der Waals surface area contributed by atoms with Gasteiger partial charge in [-0.3, -0.25) is 0 Å². The molecule has 0 saturated heterocycles. The largest absolute Gasteiger partial charge is 0.427 e. The molecule has 0 spiro atoms.